The van der Waals surface area contributed by atoms with Gasteiger partial charge in [-0.3, -0.25) is 9.69 Å². The van der Waals surface area contributed by atoms with E-state index in [1.165, 1.54) is 6.07 Å². The lowest BCUT2D eigenvalue weighted by atomic mass is 9.74. The Hall–Kier alpha value is -2.54. The van der Waals surface area contributed by atoms with Crippen LogP contribution in [0.5, 0.6) is 0 Å². The second-order valence-electron chi connectivity index (χ2n) is 7.36. The molecular weight excluding hydrogens is 345 g/mol. The third kappa shape index (κ3) is 3.16. The van der Waals surface area contributed by atoms with Gasteiger partial charge in [0.1, 0.15) is 5.82 Å². The van der Waals surface area contributed by atoms with Crippen LogP contribution in [0.3, 0.4) is 0 Å². The topological polar surface area (TPSA) is 61.4 Å². The zero-order valence-corrected chi connectivity index (χ0v) is 15.4. The van der Waals surface area contributed by atoms with Gasteiger partial charge in [0.2, 0.25) is 11.9 Å². The Morgan fingerprint density at radius 2 is 2.07 bits per heavy atom. The molecule has 1 N–H and O–H groups in total. The van der Waals surface area contributed by atoms with Crippen LogP contribution >= 0.6 is 0 Å². The van der Waals surface area contributed by atoms with Gasteiger partial charge in [-0.05, 0) is 25.0 Å². The van der Waals surface area contributed by atoms with E-state index in [0.717, 1.165) is 19.4 Å². The number of carbonyl (C=O) groups excluding carboxylic acids is 1. The summed E-state index contributed by atoms with van der Waals surface area (Å²) in [7, 11) is 1.69. The van der Waals surface area contributed by atoms with Gasteiger partial charge >= 0.3 is 0 Å². The van der Waals surface area contributed by atoms with E-state index in [-0.39, 0.29) is 17.8 Å². The minimum atomic E-state index is -0.530. The summed E-state index contributed by atoms with van der Waals surface area (Å²) in [6, 6.07) is 8.60. The van der Waals surface area contributed by atoms with Crippen LogP contribution < -0.4 is 10.2 Å². The van der Waals surface area contributed by atoms with Gasteiger partial charge in [0.15, 0.2) is 0 Å². The number of likely N-dealkylation sites (tertiary alicyclic amines) is 1. The quantitative estimate of drug-likeness (QED) is 0.891. The molecule has 2 aromatic rings. The van der Waals surface area contributed by atoms with E-state index in [4.69, 9.17) is 0 Å². The van der Waals surface area contributed by atoms with E-state index in [1.54, 1.807) is 31.6 Å². The molecule has 1 aromatic heterocycles. The van der Waals surface area contributed by atoms with Crippen molar-refractivity contribution < 1.29 is 9.18 Å². The van der Waals surface area contributed by atoms with Crippen LogP contribution in [0.15, 0.2) is 42.7 Å². The van der Waals surface area contributed by atoms with Crippen molar-refractivity contribution >= 4 is 11.9 Å². The average Bonchev–Trinajstić information content (AvgIpc) is 3.09. The summed E-state index contributed by atoms with van der Waals surface area (Å²) >= 11 is 0. The highest BCUT2D eigenvalue weighted by molar-refractivity contribution is 5.85. The summed E-state index contributed by atoms with van der Waals surface area (Å²) < 4.78 is 14.1. The second kappa shape index (κ2) is 7.23. The number of benzene rings is 1. The van der Waals surface area contributed by atoms with Gasteiger partial charge in [0.25, 0.3) is 0 Å². The lowest BCUT2D eigenvalue weighted by molar-refractivity contribution is -0.131. The van der Waals surface area contributed by atoms with Gasteiger partial charge in [-0.25, -0.2) is 14.4 Å². The molecule has 2 aliphatic heterocycles. The Kier molecular flexibility index (Phi) is 4.78. The number of hydrogen-bond acceptors (Lipinski definition) is 5. The lowest BCUT2D eigenvalue weighted by Crippen LogP contribution is -2.58. The molecule has 0 saturated carbocycles. The molecule has 0 unspecified atom stereocenters. The van der Waals surface area contributed by atoms with Gasteiger partial charge in [0, 0.05) is 51.2 Å². The molecule has 0 bridgehead atoms. The Bertz CT molecular complexity index is 817. The van der Waals surface area contributed by atoms with Crippen molar-refractivity contribution in [2.24, 2.45) is 5.41 Å². The minimum absolute atomic E-state index is 0.0274. The molecule has 2 atom stereocenters. The molecule has 0 spiro atoms. The largest absolute Gasteiger partial charge is 0.359 e. The smallest absolute Gasteiger partial charge is 0.229 e. The van der Waals surface area contributed by atoms with Crippen LogP contribution in [0.2, 0.25) is 0 Å². The number of amides is 1. The fourth-order valence-corrected chi connectivity index (χ4v) is 4.60. The van der Waals surface area contributed by atoms with Gasteiger partial charge < -0.3 is 10.2 Å². The zero-order chi connectivity index (χ0) is 18.9. The van der Waals surface area contributed by atoms with Crippen molar-refractivity contribution in [3.05, 3.63) is 54.1 Å². The fourth-order valence-electron chi connectivity index (χ4n) is 4.60. The molecule has 0 aliphatic carbocycles. The maximum absolute atomic E-state index is 14.1. The number of fused-ring (bicyclic) bond motifs is 1. The third-order valence-electron chi connectivity index (χ3n) is 5.81. The zero-order valence-electron chi connectivity index (χ0n) is 15.4. The number of carbonyl (C=O) groups is 1. The Labute approximate surface area is 158 Å². The number of nitrogens with one attached hydrogen (secondary N) is 1. The highest BCUT2D eigenvalue weighted by Gasteiger charge is 2.56. The number of halogens is 1. The van der Waals surface area contributed by atoms with Crippen LogP contribution in [0.25, 0.3) is 0 Å². The summed E-state index contributed by atoms with van der Waals surface area (Å²) in [4.78, 5) is 26.1. The maximum Gasteiger partial charge on any atom is 0.229 e. The summed E-state index contributed by atoms with van der Waals surface area (Å²) in [6.45, 7) is 2.60. The average molecular weight is 369 g/mol. The normalized spacial score (nSPS) is 25.3. The molecule has 4 rings (SSSR count). The van der Waals surface area contributed by atoms with Crippen molar-refractivity contribution in [2.75, 3.05) is 31.6 Å². The monoisotopic (exact) mass is 369 g/mol. The molecule has 27 heavy (non-hydrogen) atoms. The molecule has 6 nitrogen and oxygen atoms in total. The fraction of sp³-hybridized carbons (Fsp3) is 0.450. The molecule has 2 aliphatic rings. The van der Waals surface area contributed by atoms with Crippen molar-refractivity contribution in [1.82, 2.24) is 20.2 Å². The standard InChI is InChI=1S/C20H24FN5O/c1-22-18(27)20-8-4-11-26(19-23-9-5-10-24-19)17(20)13-25(14-20)12-15-6-2-3-7-16(15)21/h2-3,5-7,9-10,17H,4,8,11-14H2,1H3,(H,22,27)/t17-,20-/m0/s1. The van der Waals surface area contributed by atoms with E-state index >= 15 is 0 Å². The number of nitrogens with zero attached hydrogens (tertiary/aromatic N) is 4. The Morgan fingerprint density at radius 3 is 2.81 bits per heavy atom. The minimum Gasteiger partial charge on any atom is -0.359 e. The maximum atomic E-state index is 14.1. The molecule has 7 heteroatoms. The van der Waals surface area contributed by atoms with E-state index in [1.807, 2.05) is 12.1 Å². The molecular formula is C20H24FN5O. The number of hydrogen-bond donors (Lipinski definition) is 1. The second-order valence-corrected chi connectivity index (χ2v) is 7.36. The van der Waals surface area contributed by atoms with Crippen LogP contribution in [0.1, 0.15) is 18.4 Å². The molecule has 2 fully saturated rings. The summed E-state index contributed by atoms with van der Waals surface area (Å²) in [5, 5.41) is 2.86. The van der Waals surface area contributed by atoms with E-state index in [9.17, 15) is 9.18 Å². The van der Waals surface area contributed by atoms with Gasteiger partial charge in [-0.2, -0.15) is 0 Å². The first-order valence-electron chi connectivity index (χ1n) is 9.36. The van der Waals surface area contributed by atoms with E-state index in [2.05, 4.69) is 25.1 Å². The molecule has 0 radical (unpaired) electrons. The van der Waals surface area contributed by atoms with E-state index < -0.39 is 5.41 Å². The van der Waals surface area contributed by atoms with Crippen LogP contribution in [-0.2, 0) is 11.3 Å². The lowest BCUT2D eigenvalue weighted by Gasteiger charge is -2.44. The highest BCUT2D eigenvalue weighted by Crippen LogP contribution is 2.43. The first-order valence-corrected chi connectivity index (χ1v) is 9.36. The molecule has 1 aromatic carbocycles. The molecule has 2 saturated heterocycles. The predicted molar refractivity (Wildman–Crippen MR) is 101 cm³/mol. The number of rotatable bonds is 4. The molecule has 3 heterocycles. The van der Waals surface area contributed by atoms with Crippen LogP contribution in [0, 0.1) is 11.2 Å². The van der Waals surface area contributed by atoms with Crippen molar-refractivity contribution in [3.8, 4) is 0 Å². The van der Waals surface area contributed by atoms with Crippen LogP contribution in [0.4, 0.5) is 10.3 Å². The van der Waals surface area contributed by atoms with Crippen molar-refractivity contribution in [3.63, 3.8) is 0 Å². The number of anilines is 1. The Balaban J connectivity index is 1.65. The van der Waals surface area contributed by atoms with Crippen molar-refractivity contribution in [1.29, 1.82) is 0 Å². The summed E-state index contributed by atoms with van der Waals surface area (Å²) in [5.41, 5.74) is 0.128. The first-order chi connectivity index (χ1) is 13.1. The molecule has 142 valence electrons. The van der Waals surface area contributed by atoms with Gasteiger partial charge in [-0.1, -0.05) is 18.2 Å². The highest BCUT2D eigenvalue weighted by atomic mass is 19.1. The van der Waals surface area contributed by atoms with Crippen molar-refractivity contribution in [2.45, 2.75) is 25.4 Å². The van der Waals surface area contributed by atoms with E-state index in [0.29, 0.717) is 31.1 Å². The SMILES string of the molecule is CNC(=O)[C@]12CCCN(c3ncccn3)[C@H]1CN(Cc1ccccc1F)C2. The van der Waals surface area contributed by atoms with Crippen LogP contribution in [-0.4, -0.2) is 53.5 Å². The van der Waals surface area contributed by atoms with Gasteiger partial charge in [0.05, 0.1) is 11.5 Å². The number of piperidine rings is 1. The van der Waals surface area contributed by atoms with Gasteiger partial charge in [-0.15, -0.1) is 0 Å². The summed E-state index contributed by atoms with van der Waals surface area (Å²) in [5.74, 6) is 0.497. The Morgan fingerprint density at radius 1 is 1.30 bits per heavy atom. The molecule has 1 amide bonds. The summed E-state index contributed by atoms with van der Waals surface area (Å²) in [6.07, 6.45) is 5.17. The predicted octanol–water partition coefficient (Wildman–Crippen LogP) is 1.83. The number of aromatic nitrogens is 2. The first kappa shape index (κ1) is 17.9. The third-order valence-corrected chi connectivity index (χ3v) is 5.81.